The van der Waals surface area contributed by atoms with Gasteiger partial charge in [-0.15, -0.1) is 0 Å². The Bertz CT molecular complexity index is 1290. The average Bonchev–Trinajstić information content (AvgIpc) is 2.90. The van der Waals surface area contributed by atoms with Crippen LogP contribution >= 0.6 is 0 Å². The van der Waals surface area contributed by atoms with Gasteiger partial charge in [-0.1, -0.05) is 12.1 Å². The van der Waals surface area contributed by atoms with Gasteiger partial charge in [-0.3, -0.25) is 9.59 Å². The maximum Gasteiger partial charge on any atom is 0.269 e. The molecule has 1 heterocycles. The highest BCUT2D eigenvalue weighted by Crippen LogP contribution is 2.33. The van der Waals surface area contributed by atoms with Gasteiger partial charge >= 0.3 is 0 Å². The second-order valence-corrected chi connectivity index (χ2v) is 11.0. The molecule has 3 rings (SSSR count). The number of nitrogens with zero attached hydrogens (tertiary/aromatic N) is 2. The number of hydrogen-bond donors (Lipinski definition) is 1. The van der Waals surface area contributed by atoms with E-state index in [4.69, 9.17) is 5.14 Å². The zero-order valence-electron chi connectivity index (χ0n) is 17.4. The fraction of sp³-hybridized carbons (Fsp3) is 0.300. The summed E-state index contributed by atoms with van der Waals surface area (Å²) in [6, 6.07) is 8.79. The SMILES string of the molecule is CC(c1cccc(S(N)(=O)=O)c1)N(C)C(=O)c1ccc2c(c1)S(=O)(=O)N(C(C)C)C2=O. The Balaban J connectivity index is 1.95. The van der Waals surface area contributed by atoms with Gasteiger partial charge in [-0.2, -0.15) is 0 Å². The van der Waals surface area contributed by atoms with E-state index in [2.05, 4.69) is 0 Å². The molecular weight excluding hydrogens is 442 g/mol. The molecule has 1 aliphatic rings. The van der Waals surface area contributed by atoms with E-state index in [0.717, 1.165) is 4.31 Å². The standard InChI is InChI=1S/C20H23N3O6S2/c1-12(2)23-20(25)17-9-8-15(11-18(17)31(23,28)29)19(24)22(4)13(3)14-6-5-7-16(10-14)30(21,26)27/h5-13H,1-4H3,(H2,21,26,27). The van der Waals surface area contributed by atoms with Crippen LogP contribution < -0.4 is 5.14 Å². The largest absolute Gasteiger partial charge is 0.335 e. The van der Waals surface area contributed by atoms with Crippen molar-refractivity contribution in [3.8, 4) is 0 Å². The highest BCUT2D eigenvalue weighted by Gasteiger charge is 2.43. The van der Waals surface area contributed by atoms with Crippen molar-refractivity contribution in [3.63, 3.8) is 0 Å². The zero-order valence-corrected chi connectivity index (χ0v) is 19.1. The predicted octanol–water partition coefficient (Wildman–Crippen LogP) is 1.72. The van der Waals surface area contributed by atoms with Gasteiger partial charge in [0.2, 0.25) is 10.0 Å². The number of fused-ring (bicyclic) bond motifs is 1. The highest BCUT2D eigenvalue weighted by molar-refractivity contribution is 7.90. The third kappa shape index (κ3) is 3.95. The molecule has 0 fully saturated rings. The summed E-state index contributed by atoms with van der Waals surface area (Å²) in [4.78, 5) is 26.6. The minimum atomic E-state index is -4.04. The van der Waals surface area contributed by atoms with Crippen molar-refractivity contribution in [2.24, 2.45) is 5.14 Å². The second-order valence-electron chi connectivity index (χ2n) is 7.62. The maximum atomic E-state index is 13.0. The molecule has 2 aromatic rings. The Morgan fingerprint density at radius 1 is 1.10 bits per heavy atom. The fourth-order valence-corrected chi connectivity index (χ4v) is 5.81. The molecule has 0 aliphatic carbocycles. The lowest BCUT2D eigenvalue weighted by Crippen LogP contribution is -2.36. The minimum absolute atomic E-state index is 0.0294. The molecule has 0 spiro atoms. The number of nitrogens with two attached hydrogens (primary N) is 1. The highest BCUT2D eigenvalue weighted by atomic mass is 32.2. The average molecular weight is 466 g/mol. The summed E-state index contributed by atoms with van der Waals surface area (Å²) >= 11 is 0. The van der Waals surface area contributed by atoms with Gasteiger partial charge in [0.05, 0.1) is 16.5 Å². The molecule has 0 saturated carbocycles. The normalized spacial score (nSPS) is 16.3. The van der Waals surface area contributed by atoms with Gasteiger partial charge in [0, 0.05) is 18.7 Å². The Labute approximate surface area is 181 Å². The van der Waals surface area contributed by atoms with Crippen molar-refractivity contribution < 1.29 is 26.4 Å². The van der Waals surface area contributed by atoms with Gasteiger partial charge in [-0.05, 0) is 56.7 Å². The summed E-state index contributed by atoms with van der Waals surface area (Å²) in [6.45, 7) is 4.89. The first-order valence-corrected chi connectivity index (χ1v) is 12.4. The third-order valence-corrected chi connectivity index (χ3v) is 8.15. The van der Waals surface area contributed by atoms with Crippen LogP contribution in [0.1, 0.15) is 53.1 Å². The summed E-state index contributed by atoms with van der Waals surface area (Å²) in [7, 11) is -6.42. The molecule has 0 aromatic heterocycles. The van der Waals surface area contributed by atoms with Crippen molar-refractivity contribution in [3.05, 3.63) is 59.2 Å². The molecule has 1 unspecified atom stereocenters. The smallest absolute Gasteiger partial charge is 0.269 e. The van der Waals surface area contributed by atoms with Crippen LogP contribution in [-0.4, -0.2) is 50.9 Å². The van der Waals surface area contributed by atoms with Crippen LogP contribution in [0.3, 0.4) is 0 Å². The Kier molecular flexibility index (Phi) is 5.72. The molecule has 0 radical (unpaired) electrons. The lowest BCUT2D eigenvalue weighted by molar-refractivity contribution is 0.0741. The van der Waals surface area contributed by atoms with Crippen molar-refractivity contribution in [1.82, 2.24) is 9.21 Å². The molecule has 9 nitrogen and oxygen atoms in total. The minimum Gasteiger partial charge on any atom is -0.335 e. The van der Waals surface area contributed by atoms with Crippen LogP contribution in [-0.2, 0) is 20.0 Å². The van der Waals surface area contributed by atoms with E-state index >= 15 is 0 Å². The predicted molar refractivity (Wildman–Crippen MR) is 113 cm³/mol. The molecule has 11 heteroatoms. The number of carbonyl (C=O) groups excluding carboxylic acids is 2. The Morgan fingerprint density at radius 3 is 2.32 bits per heavy atom. The molecular formula is C20H23N3O6S2. The van der Waals surface area contributed by atoms with Crippen molar-refractivity contribution in [2.75, 3.05) is 7.05 Å². The number of primary sulfonamides is 1. The first-order chi connectivity index (χ1) is 14.3. The van der Waals surface area contributed by atoms with Crippen molar-refractivity contribution in [1.29, 1.82) is 0 Å². The Morgan fingerprint density at radius 2 is 1.74 bits per heavy atom. The molecule has 31 heavy (non-hydrogen) atoms. The summed E-state index contributed by atoms with van der Waals surface area (Å²) in [5, 5.41) is 5.18. The van der Waals surface area contributed by atoms with E-state index in [-0.39, 0.29) is 20.9 Å². The van der Waals surface area contributed by atoms with Crippen LogP contribution in [0.4, 0.5) is 0 Å². The summed E-state index contributed by atoms with van der Waals surface area (Å²) in [5.41, 5.74) is 0.664. The van der Waals surface area contributed by atoms with Crippen LogP contribution in [0.2, 0.25) is 0 Å². The molecule has 1 aliphatic heterocycles. The van der Waals surface area contributed by atoms with E-state index < -0.39 is 43.9 Å². The quantitative estimate of drug-likeness (QED) is 0.714. The first-order valence-electron chi connectivity index (χ1n) is 9.39. The molecule has 2 aromatic carbocycles. The van der Waals surface area contributed by atoms with Gasteiger partial charge in [0.25, 0.3) is 21.8 Å². The van der Waals surface area contributed by atoms with E-state index in [1.54, 1.807) is 26.8 Å². The van der Waals surface area contributed by atoms with Gasteiger partial charge in [0.1, 0.15) is 4.90 Å². The number of sulfonamides is 2. The maximum absolute atomic E-state index is 13.0. The fourth-order valence-electron chi connectivity index (χ4n) is 3.45. The van der Waals surface area contributed by atoms with Crippen molar-refractivity contribution in [2.45, 2.75) is 42.6 Å². The molecule has 2 N–H and O–H groups in total. The monoisotopic (exact) mass is 465 g/mol. The summed E-state index contributed by atoms with van der Waals surface area (Å²) < 4.78 is 49.6. The molecule has 2 amide bonds. The van der Waals surface area contributed by atoms with Crippen molar-refractivity contribution >= 4 is 31.9 Å². The van der Waals surface area contributed by atoms with Crippen LogP contribution in [0.5, 0.6) is 0 Å². The zero-order chi connectivity index (χ0) is 23.3. The van der Waals surface area contributed by atoms with Gasteiger partial charge < -0.3 is 4.90 Å². The van der Waals surface area contributed by atoms with Crippen LogP contribution in [0.25, 0.3) is 0 Å². The molecule has 0 saturated heterocycles. The van der Waals surface area contributed by atoms with Gasteiger partial charge in [-0.25, -0.2) is 26.3 Å². The number of carbonyl (C=O) groups is 2. The number of amides is 2. The number of rotatable bonds is 5. The Hall–Kier alpha value is -2.76. The van der Waals surface area contributed by atoms with Crippen LogP contribution in [0, 0.1) is 0 Å². The topological polar surface area (TPSA) is 135 Å². The van der Waals surface area contributed by atoms with E-state index in [1.807, 2.05) is 0 Å². The summed E-state index contributed by atoms with van der Waals surface area (Å²) in [6.07, 6.45) is 0. The summed E-state index contributed by atoms with van der Waals surface area (Å²) in [5.74, 6) is -1.10. The molecule has 1 atom stereocenters. The lowest BCUT2D eigenvalue weighted by Gasteiger charge is -2.26. The molecule has 166 valence electrons. The lowest BCUT2D eigenvalue weighted by atomic mass is 10.1. The van der Waals surface area contributed by atoms with E-state index in [0.29, 0.717) is 5.56 Å². The molecule has 0 bridgehead atoms. The van der Waals surface area contributed by atoms with E-state index in [9.17, 15) is 26.4 Å². The second kappa shape index (κ2) is 7.74. The first kappa shape index (κ1) is 22.9. The number of hydrogen-bond acceptors (Lipinski definition) is 6. The van der Waals surface area contributed by atoms with Gasteiger partial charge in [0.15, 0.2) is 0 Å². The van der Waals surface area contributed by atoms with E-state index in [1.165, 1.54) is 48.3 Å². The third-order valence-electron chi connectivity index (χ3n) is 5.24. The van der Waals surface area contributed by atoms with Crippen LogP contribution in [0.15, 0.2) is 52.3 Å². The number of benzene rings is 2.